The summed E-state index contributed by atoms with van der Waals surface area (Å²) in [5.41, 5.74) is 9.54. The van der Waals surface area contributed by atoms with Crippen molar-refractivity contribution >= 4 is 5.69 Å². The van der Waals surface area contributed by atoms with Crippen molar-refractivity contribution in [1.29, 1.82) is 0 Å². The largest absolute Gasteiger partial charge is 0.399 e. The number of nitrogens with two attached hydrogens (primary N) is 1. The number of anilines is 1. The molecule has 0 amide bonds. The molecule has 0 bridgehead atoms. The number of aliphatic hydroxyl groups excluding tert-OH is 1. The van der Waals surface area contributed by atoms with Crippen LogP contribution >= 0.6 is 0 Å². The molecular weight excluding hydrogens is 352 g/mol. The molecule has 5 heteroatoms. The second kappa shape index (κ2) is 9.34. The predicted octanol–water partition coefficient (Wildman–Crippen LogP) is 3.67. The zero-order chi connectivity index (χ0) is 20.1. The van der Waals surface area contributed by atoms with E-state index < -0.39 is 6.29 Å². The van der Waals surface area contributed by atoms with E-state index in [1.165, 1.54) is 0 Å². The van der Waals surface area contributed by atoms with Gasteiger partial charge in [0.15, 0.2) is 6.29 Å². The lowest BCUT2D eigenvalue weighted by molar-refractivity contribution is -0.275. The van der Waals surface area contributed by atoms with Crippen LogP contribution in [0, 0.1) is 5.92 Å². The van der Waals surface area contributed by atoms with Crippen molar-refractivity contribution < 1.29 is 14.6 Å². The lowest BCUT2D eigenvalue weighted by Gasteiger charge is -2.42. The number of benzene rings is 2. The molecule has 1 heterocycles. The molecule has 4 atom stereocenters. The SMILES string of the molecule is C=CCN(C)C[C@H]1O[C@@H](c2cccc(N)c2)O[C@@H](c2ccc(CO)cc2)[C@H]1C. The fourth-order valence-corrected chi connectivity index (χ4v) is 3.64. The van der Waals surface area contributed by atoms with Gasteiger partial charge in [-0.05, 0) is 30.3 Å². The van der Waals surface area contributed by atoms with Gasteiger partial charge in [-0.25, -0.2) is 0 Å². The molecule has 150 valence electrons. The van der Waals surface area contributed by atoms with Crippen LogP contribution in [0.3, 0.4) is 0 Å². The van der Waals surface area contributed by atoms with Gasteiger partial charge in [0.2, 0.25) is 0 Å². The van der Waals surface area contributed by atoms with Crippen LogP contribution in [0.15, 0.2) is 61.2 Å². The molecule has 28 heavy (non-hydrogen) atoms. The summed E-state index contributed by atoms with van der Waals surface area (Å²) in [6.07, 6.45) is 1.29. The fourth-order valence-electron chi connectivity index (χ4n) is 3.64. The van der Waals surface area contributed by atoms with Crippen molar-refractivity contribution in [2.45, 2.75) is 32.0 Å². The summed E-state index contributed by atoms with van der Waals surface area (Å²) in [6.45, 7) is 7.59. The normalized spacial score (nSPS) is 25.0. The molecule has 1 saturated heterocycles. The van der Waals surface area contributed by atoms with Gasteiger partial charge in [-0.15, -0.1) is 6.58 Å². The summed E-state index contributed by atoms with van der Waals surface area (Å²) >= 11 is 0. The summed E-state index contributed by atoms with van der Waals surface area (Å²) in [4.78, 5) is 2.20. The topological polar surface area (TPSA) is 68.0 Å². The second-order valence-corrected chi connectivity index (χ2v) is 7.50. The van der Waals surface area contributed by atoms with E-state index in [1.54, 1.807) is 0 Å². The van der Waals surface area contributed by atoms with E-state index in [0.29, 0.717) is 5.69 Å². The number of nitrogens with zero attached hydrogens (tertiary/aromatic N) is 1. The van der Waals surface area contributed by atoms with Crippen LogP contribution in [0.4, 0.5) is 5.69 Å². The zero-order valence-corrected chi connectivity index (χ0v) is 16.6. The zero-order valence-electron chi connectivity index (χ0n) is 16.6. The Morgan fingerprint density at radius 1 is 1.14 bits per heavy atom. The van der Waals surface area contributed by atoms with Gasteiger partial charge in [0.05, 0.1) is 18.8 Å². The van der Waals surface area contributed by atoms with Crippen LogP contribution < -0.4 is 5.73 Å². The summed E-state index contributed by atoms with van der Waals surface area (Å²) in [7, 11) is 2.06. The molecule has 3 rings (SSSR count). The number of ether oxygens (including phenoxy) is 2. The molecule has 2 aromatic rings. The predicted molar refractivity (Wildman–Crippen MR) is 112 cm³/mol. The standard InChI is InChI=1S/C23H30N2O3/c1-4-12-25(3)14-21-16(2)22(18-10-8-17(15-26)9-11-18)28-23(27-21)19-6-5-7-20(24)13-19/h4-11,13,16,21-23,26H,1,12,14-15,24H2,2-3H3/t16-,21+,22+,23+/m0/s1. The molecule has 1 fully saturated rings. The Kier molecular flexibility index (Phi) is 6.86. The number of rotatable bonds is 7. The minimum Gasteiger partial charge on any atom is -0.399 e. The molecule has 0 saturated carbocycles. The quantitative estimate of drug-likeness (QED) is 0.565. The first-order valence-electron chi connectivity index (χ1n) is 9.67. The molecule has 2 aromatic carbocycles. The first-order chi connectivity index (χ1) is 13.5. The highest BCUT2D eigenvalue weighted by Gasteiger charge is 2.38. The van der Waals surface area contributed by atoms with Gasteiger partial charge in [-0.2, -0.15) is 0 Å². The Morgan fingerprint density at radius 2 is 1.89 bits per heavy atom. The Balaban J connectivity index is 1.88. The Hall–Kier alpha value is -2.18. The van der Waals surface area contributed by atoms with Gasteiger partial charge in [0.25, 0.3) is 0 Å². The van der Waals surface area contributed by atoms with Crippen LogP contribution in [-0.2, 0) is 16.1 Å². The molecule has 3 N–H and O–H groups in total. The molecule has 5 nitrogen and oxygen atoms in total. The Bertz CT molecular complexity index is 778. The van der Waals surface area contributed by atoms with Crippen molar-refractivity contribution in [2.24, 2.45) is 5.92 Å². The first kappa shape index (κ1) is 20.6. The second-order valence-electron chi connectivity index (χ2n) is 7.50. The average molecular weight is 383 g/mol. The summed E-state index contributed by atoms with van der Waals surface area (Å²) in [5, 5.41) is 9.32. The van der Waals surface area contributed by atoms with Crippen molar-refractivity contribution in [2.75, 3.05) is 25.9 Å². The third-order valence-electron chi connectivity index (χ3n) is 5.24. The third kappa shape index (κ3) is 4.80. The maximum atomic E-state index is 9.32. The van der Waals surface area contributed by atoms with E-state index in [2.05, 4.69) is 25.5 Å². The summed E-state index contributed by atoms with van der Waals surface area (Å²) in [6, 6.07) is 15.6. The van der Waals surface area contributed by atoms with Crippen molar-refractivity contribution in [3.63, 3.8) is 0 Å². The number of hydrogen-bond donors (Lipinski definition) is 2. The summed E-state index contributed by atoms with van der Waals surface area (Å²) in [5.74, 6) is 0.157. The maximum Gasteiger partial charge on any atom is 0.185 e. The Labute approximate surface area is 167 Å². The Morgan fingerprint density at radius 3 is 2.54 bits per heavy atom. The van der Waals surface area contributed by atoms with E-state index in [1.807, 2.05) is 54.6 Å². The van der Waals surface area contributed by atoms with Crippen molar-refractivity contribution in [3.05, 3.63) is 77.9 Å². The van der Waals surface area contributed by atoms with Gasteiger partial charge < -0.3 is 25.2 Å². The molecule has 0 spiro atoms. The third-order valence-corrected chi connectivity index (χ3v) is 5.24. The lowest BCUT2D eigenvalue weighted by Crippen LogP contribution is -2.43. The number of nitrogen functional groups attached to an aromatic ring is 1. The van der Waals surface area contributed by atoms with Gasteiger partial charge in [0.1, 0.15) is 0 Å². The monoisotopic (exact) mass is 382 g/mol. The first-order valence-corrected chi connectivity index (χ1v) is 9.67. The highest BCUT2D eigenvalue weighted by Crippen LogP contribution is 2.41. The minimum absolute atomic E-state index is 0.00681. The minimum atomic E-state index is -0.482. The number of aliphatic hydroxyl groups is 1. The summed E-state index contributed by atoms with van der Waals surface area (Å²) < 4.78 is 12.8. The molecule has 0 radical (unpaired) electrons. The molecule has 1 aliphatic heterocycles. The van der Waals surface area contributed by atoms with Crippen molar-refractivity contribution in [1.82, 2.24) is 4.90 Å². The smallest absolute Gasteiger partial charge is 0.185 e. The fraction of sp³-hybridized carbons (Fsp3) is 0.391. The van der Waals surface area contributed by atoms with Gasteiger partial charge in [0, 0.05) is 30.3 Å². The van der Waals surface area contributed by atoms with E-state index >= 15 is 0 Å². The average Bonchev–Trinajstić information content (AvgIpc) is 2.70. The van der Waals surface area contributed by atoms with Crippen LogP contribution in [0.2, 0.25) is 0 Å². The molecule has 0 aromatic heterocycles. The highest BCUT2D eigenvalue weighted by atomic mass is 16.7. The molecule has 0 aliphatic carbocycles. The molecule has 0 unspecified atom stereocenters. The maximum absolute atomic E-state index is 9.32. The number of likely N-dealkylation sites (N-methyl/N-ethyl adjacent to an activating group) is 1. The van der Waals surface area contributed by atoms with Gasteiger partial charge in [-0.3, -0.25) is 0 Å². The van der Waals surface area contributed by atoms with Crippen LogP contribution in [-0.4, -0.2) is 36.2 Å². The van der Waals surface area contributed by atoms with Crippen molar-refractivity contribution in [3.8, 4) is 0 Å². The highest BCUT2D eigenvalue weighted by molar-refractivity contribution is 5.41. The van der Waals surface area contributed by atoms with Crippen LogP contribution in [0.1, 0.15) is 36.0 Å². The van der Waals surface area contributed by atoms with E-state index in [-0.39, 0.29) is 24.7 Å². The van der Waals surface area contributed by atoms with Crippen LogP contribution in [0.5, 0.6) is 0 Å². The van der Waals surface area contributed by atoms with E-state index in [0.717, 1.165) is 29.8 Å². The van der Waals surface area contributed by atoms with E-state index in [9.17, 15) is 5.11 Å². The molecular formula is C23H30N2O3. The van der Waals surface area contributed by atoms with E-state index in [4.69, 9.17) is 15.2 Å². The van der Waals surface area contributed by atoms with Gasteiger partial charge in [-0.1, -0.05) is 49.4 Å². The van der Waals surface area contributed by atoms with Crippen LogP contribution in [0.25, 0.3) is 0 Å². The molecule has 1 aliphatic rings. The van der Waals surface area contributed by atoms with Gasteiger partial charge >= 0.3 is 0 Å². The lowest BCUT2D eigenvalue weighted by atomic mass is 9.90. The number of hydrogen-bond acceptors (Lipinski definition) is 5.